The lowest BCUT2D eigenvalue weighted by Crippen LogP contribution is -2.03. The number of rotatable bonds is 4. The largest absolute Gasteiger partial charge is 0.289 e. The highest BCUT2D eigenvalue weighted by molar-refractivity contribution is 6.12. The Labute approximate surface area is 125 Å². The number of hydrogen-bond acceptors (Lipinski definition) is 2. The van der Waals surface area contributed by atoms with Crippen LogP contribution >= 0.6 is 0 Å². The molecule has 0 fully saturated rings. The Morgan fingerprint density at radius 3 is 1.90 bits per heavy atom. The van der Waals surface area contributed by atoms with Crippen molar-refractivity contribution in [1.82, 2.24) is 0 Å². The molecule has 0 saturated carbocycles. The van der Waals surface area contributed by atoms with E-state index in [-0.39, 0.29) is 11.6 Å². The Bertz CT molecular complexity index is 687. The topological polar surface area (TPSA) is 34.1 Å². The highest BCUT2D eigenvalue weighted by atomic mass is 16.1. The molecule has 0 bridgehead atoms. The molecule has 2 nitrogen and oxygen atoms in total. The van der Waals surface area contributed by atoms with Crippen molar-refractivity contribution in [3.05, 3.63) is 82.4 Å². The zero-order chi connectivity index (χ0) is 15.4. The third-order valence-electron chi connectivity index (χ3n) is 3.37. The summed E-state index contributed by atoms with van der Waals surface area (Å²) >= 11 is 0. The summed E-state index contributed by atoms with van der Waals surface area (Å²) in [4.78, 5) is 24.3. The average molecular weight is 278 g/mol. The van der Waals surface area contributed by atoms with Crippen molar-refractivity contribution in [2.24, 2.45) is 0 Å². The third kappa shape index (κ3) is 3.54. The van der Waals surface area contributed by atoms with Crippen molar-refractivity contribution in [3.8, 4) is 0 Å². The fraction of sp³-hybridized carbons (Fsp3) is 0.158. The fourth-order valence-corrected chi connectivity index (χ4v) is 2.50. The van der Waals surface area contributed by atoms with Crippen LogP contribution in [0.5, 0.6) is 0 Å². The van der Waals surface area contributed by atoms with Crippen LogP contribution in [0, 0.1) is 20.8 Å². The van der Waals surface area contributed by atoms with E-state index in [0.29, 0.717) is 11.1 Å². The number of ketones is 2. The number of carbonyl (C=O) groups excluding carboxylic acids is 2. The average Bonchev–Trinajstić information content (AvgIpc) is 2.44. The van der Waals surface area contributed by atoms with Gasteiger partial charge < -0.3 is 0 Å². The minimum Gasteiger partial charge on any atom is -0.289 e. The van der Waals surface area contributed by atoms with E-state index < -0.39 is 0 Å². The minimum atomic E-state index is -0.161. The zero-order valence-corrected chi connectivity index (χ0v) is 12.5. The summed E-state index contributed by atoms with van der Waals surface area (Å²) in [5.41, 5.74) is 4.27. The predicted molar refractivity (Wildman–Crippen MR) is 84.9 cm³/mol. The van der Waals surface area contributed by atoms with Crippen LogP contribution in [0.15, 0.2) is 54.6 Å². The summed E-state index contributed by atoms with van der Waals surface area (Å²) < 4.78 is 0. The summed E-state index contributed by atoms with van der Waals surface area (Å²) in [6, 6.07) is 12.9. The third-order valence-corrected chi connectivity index (χ3v) is 3.37. The maximum atomic E-state index is 12.3. The Kier molecular flexibility index (Phi) is 4.49. The van der Waals surface area contributed by atoms with E-state index in [4.69, 9.17) is 0 Å². The maximum absolute atomic E-state index is 12.3. The fourth-order valence-electron chi connectivity index (χ4n) is 2.50. The Morgan fingerprint density at radius 2 is 1.33 bits per heavy atom. The van der Waals surface area contributed by atoms with Crippen molar-refractivity contribution in [2.75, 3.05) is 0 Å². The monoisotopic (exact) mass is 278 g/mol. The standard InChI is InChI=1S/C19H18O2/c1-13-11-14(2)19(15(3)12-13)18(21)10-9-17(20)16-7-5-4-6-8-16/h4-12H,1-3H3. The smallest absolute Gasteiger partial charge is 0.186 e. The molecule has 2 heteroatoms. The lowest BCUT2D eigenvalue weighted by molar-refractivity contribution is 0.102. The van der Waals surface area contributed by atoms with Crippen LogP contribution < -0.4 is 0 Å². The molecule has 0 unspecified atom stereocenters. The van der Waals surface area contributed by atoms with E-state index in [1.807, 2.05) is 39.0 Å². The van der Waals surface area contributed by atoms with Gasteiger partial charge in [-0.3, -0.25) is 9.59 Å². The van der Waals surface area contributed by atoms with Gasteiger partial charge in [-0.25, -0.2) is 0 Å². The molecule has 2 rings (SSSR count). The lowest BCUT2D eigenvalue weighted by Gasteiger charge is -2.07. The first-order chi connectivity index (χ1) is 9.99. The molecule has 0 aliphatic rings. The number of allylic oxidation sites excluding steroid dienone is 2. The van der Waals surface area contributed by atoms with Crippen molar-refractivity contribution in [1.29, 1.82) is 0 Å². The van der Waals surface area contributed by atoms with Crippen LogP contribution in [0.1, 0.15) is 37.4 Å². The van der Waals surface area contributed by atoms with E-state index in [1.54, 1.807) is 24.3 Å². The van der Waals surface area contributed by atoms with Crippen LogP contribution in [0.3, 0.4) is 0 Å². The van der Waals surface area contributed by atoms with Gasteiger partial charge in [-0.05, 0) is 44.1 Å². The Hall–Kier alpha value is -2.48. The molecule has 0 aliphatic heterocycles. The molecule has 0 radical (unpaired) electrons. The van der Waals surface area contributed by atoms with Gasteiger partial charge in [0.1, 0.15) is 0 Å². The van der Waals surface area contributed by atoms with Gasteiger partial charge >= 0.3 is 0 Å². The number of hydrogen-bond donors (Lipinski definition) is 0. The molecule has 0 heterocycles. The van der Waals surface area contributed by atoms with E-state index in [1.165, 1.54) is 12.2 Å². The first-order valence-corrected chi connectivity index (χ1v) is 6.88. The summed E-state index contributed by atoms with van der Waals surface area (Å²) in [5, 5.41) is 0. The molecule has 0 amide bonds. The molecule has 21 heavy (non-hydrogen) atoms. The number of carbonyl (C=O) groups is 2. The van der Waals surface area contributed by atoms with Gasteiger partial charge in [0.15, 0.2) is 11.6 Å². The van der Waals surface area contributed by atoms with Crippen molar-refractivity contribution >= 4 is 11.6 Å². The van der Waals surface area contributed by atoms with Gasteiger partial charge in [0.05, 0.1) is 0 Å². The van der Waals surface area contributed by atoms with Crippen LogP contribution in [-0.4, -0.2) is 11.6 Å². The van der Waals surface area contributed by atoms with E-state index in [9.17, 15) is 9.59 Å². The van der Waals surface area contributed by atoms with Crippen LogP contribution in [0.2, 0.25) is 0 Å². The van der Waals surface area contributed by atoms with Crippen molar-refractivity contribution in [3.63, 3.8) is 0 Å². The maximum Gasteiger partial charge on any atom is 0.186 e. The second-order valence-corrected chi connectivity index (χ2v) is 5.20. The number of benzene rings is 2. The molecule has 0 spiro atoms. The summed E-state index contributed by atoms with van der Waals surface area (Å²) in [7, 11) is 0. The highest BCUT2D eigenvalue weighted by Gasteiger charge is 2.10. The lowest BCUT2D eigenvalue weighted by atomic mass is 9.96. The highest BCUT2D eigenvalue weighted by Crippen LogP contribution is 2.17. The second kappa shape index (κ2) is 6.31. The molecule has 106 valence electrons. The van der Waals surface area contributed by atoms with E-state index >= 15 is 0 Å². The molecule has 2 aromatic rings. The minimum absolute atomic E-state index is 0.130. The quantitative estimate of drug-likeness (QED) is 0.619. The van der Waals surface area contributed by atoms with Crippen molar-refractivity contribution in [2.45, 2.75) is 20.8 Å². The first-order valence-electron chi connectivity index (χ1n) is 6.88. The summed E-state index contributed by atoms with van der Waals surface area (Å²) in [5.74, 6) is -0.291. The van der Waals surface area contributed by atoms with E-state index in [2.05, 4.69) is 0 Å². The Balaban J connectivity index is 2.23. The SMILES string of the molecule is Cc1cc(C)c(C(=O)C=CC(=O)c2ccccc2)c(C)c1. The molecular formula is C19H18O2. The van der Waals surface area contributed by atoms with Gasteiger partial charge in [0.25, 0.3) is 0 Å². The van der Waals surface area contributed by atoms with Crippen LogP contribution in [0.25, 0.3) is 0 Å². The molecule has 2 aromatic carbocycles. The van der Waals surface area contributed by atoms with Gasteiger partial charge in [-0.1, -0.05) is 48.0 Å². The Morgan fingerprint density at radius 1 is 0.810 bits per heavy atom. The van der Waals surface area contributed by atoms with Gasteiger partial charge in [0, 0.05) is 11.1 Å². The predicted octanol–water partition coefficient (Wildman–Crippen LogP) is 4.23. The molecule has 0 atom stereocenters. The van der Waals surface area contributed by atoms with E-state index in [0.717, 1.165) is 16.7 Å². The molecule has 0 aromatic heterocycles. The molecule has 0 N–H and O–H groups in total. The van der Waals surface area contributed by atoms with Crippen LogP contribution in [-0.2, 0) is 0 Å². The van der Waals surface area contributed by atoms with Gasteiger partial charge in [0.2, 0.25) is 0 Å². The summed E-state index contributed by atoms with van der Waals surface area (Å²) in [6.45, 7) is 5.84. The van der Waals surface area contributed by atoms with Crippen molar-refractivity contribution < 1.29 is 9.59 Å². The summed E-state index contributed by atoms with van der Waals surface area (Å²) in [6.07, 6.45) is 2.70. The molecule has 0 saturated heterocycles. The number of aryl methyl sites for hydroxylation is 3. The van der Waals surface area contributed by atoms with Gasteiger partial charge in [-0.2, -0.15) is 0 Å². The molecule has 0 aliphatic carbocycles. The van der Waals surface area contributed by atoms with Crippen LogP contribution in [0.4, 0.5) is 0 Å². The normalized spacial score (nSPS) is 10.8. The van der Waals surface area contributed by atoms with Gasteiger partial charge in [-0.15, -0.1) is 0 Å². The first kappa shape index (κ1) is 14.9. The zero-order valence-electron chi connectivity index (χ0n) is 12.5. The molecular weight excluding hydrogens is 260 g/mol. The second-order valence-electron chi connectivity index (χ2n) is 5.20.